The van der Waals surface area contributed by atoms with E-state index in [9.17, 15) is 30.8 Å². The number of amides is 1. The Kier molecular flexibility index (Phi) is 5.36. The molecule has 1 amide bonds. The summed E-state index contributed by atoms with van der Waals surface area (Å²) >= 11 is 0. The van der Waals surface area contributed by atoms with Crippen LogP contribution in [0.5, 0.6) is 0 Å². The number of carbonyl (C=O) groups is 1. The molecule has 1 N–H and O–H groups in total. The molecule has 1 heterocycles. The van der Waals surface area contributed by atoms with E-state index in [1.807, 2.05) is 0 Å². The molecule has 1 aliphatic rings. The molecule has 0 aromatic heterocycles. The molecule has 10 heteroatoms. The standard InChI is InChI=1S/C10H16F4N2O3S/c1-20(18,19)15-6-7-4-2-3-5-16(7)9(17)10(13,14)8(11)12/h7-8,15H,2-6H2,1H3. The lowest BCUT2D eigenvalue weighted by Gasteiger charge is -2.37. The predicted molar refractivity (Wildman–Crippen MR) is 63.1 cm³/mol. The Morgan fingerprint density at radius 3 is 2.50 bits per heavy atom. The number of carbonyl (C=O) groups excluding carboxylic acids is 1. The molecule has 1 aliphatic heterocycles. The summed E-state index contributed by atoms with van der Waals surface area (Å²) in [5.74, 6) is -6.70. The van der Waals surface area contributed by atoms with E-state index in [-0.39, 0.29) is 19.5 Å². The van der Waals surface area contributed by atoms with Crippen molar-refractivity contribution in [2.75, 3.05) is 19.3 Å². The van der Waals surface area contributed by atoms with Gasteiger partial charge in [-0.05, 0) is 19.3 Å². The lowest BCUT2D eigenvalue weighted by Crippen LogP contribution is -2.56. The molecule has 0 spiro atoms. The van der Waals surface area contributed by atoms with Gasteiger partial charge in [0, 0.05) is 19.1 Å². The van der Waals surface area contributed by atoms with Gasteiger partial charge in [0.25, 0.3) is 5.91 Å². The Bertz CT molecular complexity index is 455. The number of nitrogens with zero attached hydrogens (tertiary/aromatic N) is 1. The van der Waals surface area contributed by atoms with Crippen molar-refractivity contribution in [3.63, 3.8) is 0 Å². The van der Waals surface area contributed by atoms with Gasteiger partial charge in [-0.1, -0.05) is 0 Å². The lowest BCUT2D eigenvalue weighted by atomic mass is 10.0. The largest absolute Gasteiger partial charge is 0.383 e. The van der Waals surface area contributed by atoms with E-state index in [1.54, 1.807) is 0 Å². The summed E-state index contributed by atoms with van der Waals surface area (Å²) in [6.07, 6.45) is -1.88. The maximum Gasteiger partial charge on any atom is 0.383 e. The average molecular weight is 320 g/mol. The number of likely N-dealkylation sites (tertiary alicyclic amines) is 1. The molecular formula is C10H16F4N2O3S. The number of alkyl halides is 4. The number of hydrogen-bond acceptors (Lipinski definition) is 3. The van der Waals surface area contributed by atoms with Crippen LogP contribution in [0, 0.1) is 0 Å². The van der Waals surface area contributed by atoms with Crippen molar-refractivity contribution in [1.29, 1.82) is 0 Å². The molecule has 0 aromatic rings. The molecule has 5 nitrogen and oxygen atoms in total. The van der Waals surface area contributed by atoms with Crippen LogP contribution in [0.3, 0.4) is 0 Å². The number of rotatable bonds is 5. The fourth-order valence-electron chi connectivity index (χ4n) is 2.01. The number of piperidine rings is 1. The Morgan fingerprint density at radius 2 is 2.00 bits per heavy atom. The van der Waals surface area contributed by atoms with Crippen LogP contribution in [0.1, 0.15) is 19.3 Å². The summed E-state index contributed by atoms with van der Waals surface area (Å²) in [7, 11) is -3.55. The molecule has 1 fully saturated rings. The van der Waals surface area contributed by atoms with Gasteiger partial charge in [0.2, 0.25) is 10.0 Å². The summed E-state index contributed by atoms with van der Waals surface area (Å²) in [6.45, 7) is -0.346. The van der Waals surface area contributed by atoms with Gasteiger partial charge in [-0.25, -0.2) is 21.9 Å². The third-order valence-electron chi connectivity index (χ3n) is 3.03. The van der Waals surface area contributed by atoms with Crippen LogP contribution in [0.2, 0.25) is 0 Å². The van der Waals surface area contributed by atoms with E-state index >= 15 is 0 Å². The van der Waals surface area contributed by atoms with Crippen molar-refractivity contribution in [1.82, 2.24) is 9.62 Å². The smallest absolute Gasteiger partial charge is 0.333 e. The molecule has 1 unspecified atom stereocenters. The molecule has 0 aliphatic carbocycles. The summed E-state index contributed by atoms with van der Waals surface area (Å²) in [5, 5.41) is 0. The van der Waals surface area contributed by atoms with Crippen molar-refractivity contribution in [2.45, 2.75) is 37.7 Å². The van der Waals surface area contributed by atoms with Crippen LogP contribution in [0.4, 0.5) is 17.6 Å². The first kappa shape index (κ1) is 17.2. The zero-order chi connectivity index (χ0) is 15.6. The zero-order valence-electron chi connectivity index (χ0n) is 10.8. The summed E-state index contributed by atoms with van der Waals surface area (Å²) < 4.78 is 74.7. The first-order chi connectivity index (χ1) is 9.05. The van der Waals surface area contributed by atoms with Crippen molar-refractivity contribution in [2.24, 2.45) is 0 Å². The third-order valence-corrected chi connectivity index (χ3v) is 3.72. The Morgan fingerprint density at radius 1 is 1.40 bits per heavy atom. The minimum Gasteiger partial charge on any atom is -0.333 e. The summed E-state index contributed by atoms with van der Waals surface area (Å²) in [5.41, 5.74) is 0. The van der Waals surface area contributed by atoms with Crippen LogP contribution < -0.4 is 4.72 Å². The van der Waals surface area contributed by atoms with E-state index in [2.05, 4.69) is 4.72 Å². The van der Waals surface area contributed by atoms with Crippen LogP contribution in [-0.4, -0.2) is 57.0 Å². The van der Waals surface area contributed by atoms with E-state index < -0.39 is 34.3 Å². The van der Waals surface area contributed by atoms with Gasteiger partial charge in [0.15, 0.2) is 0 Å². The number of hydrogen-bond donors (Lipinski definition) is 1. The molecular weight excluding hydrogens is 304 g/mol. The highest BCUT2D eigenvalue weighted by molar-refractivity contribution is 7.88. The second kappa shape index (κ2) is 6.25. The summed E-state index contributed by atoms with van der Waals surface area (Å²) in [4.78, 5) is 12.2. The topological polar surface area (TPSA) is 66.5 Å². The zero-order valence-corrected chi connectivity index (χ0v) is 11.6. The van der Waals surface area contributed by atoms with Crippen molar-refractivity contribution in [3.05, 3.63) is 0 Å². The van der Waals surface area contributed by atoms with Gasteiger partial charge in [-0.3, -0.25) is 4.79 Å². The van der Waals surface area contributed by atoms with Gasteiger partial charge in [0.1, 0.15) is 0 Å². The Labute approximate surface area is 114 Å². The average Bonchev–Trinajstić information content (AvgIpc) is 2.34. The van der Waals surface area contributed by atoms with Crippen molar-refractivity contribution < 1.29 is 30.8 Å². The fraction of sp³-hybridized carbons (Fsp3) is 0.900. The SMILES string of the molecule is CS(=O)(=O)NCC1CCCCN1C(=O)C(F)(F)C(F)F. The monoisotopic (exact) mass is 320 g/mol. The number of sulfonamides is 1. The van der Waals surface area contributed by atoms with Gasteiger partial charge >= 0.3 is 12.3 Å². The molecule has 1 rings (SSSR count). The first-order valence-corrected chi connectivity index (χ1v) is 7.86. The molecule has 20 heavy (non-hydrogen) atoms. The van der Waals surface area contributed by atoms with Gasteiger partial charge in [0.05, 0.1) is 6.26 Å². The molecule has 1 atom stereocenters. The third kappa shape index (κ3) is 4.30. The fourth-order valence-corrected chi connectivity index (χ4v) is 2.51. The highest BCUT2D eigenvalue weighted by atomic mass is 32.2. The van der Waals surface area contributed by atoms with Crippen LogP contribution in [0.25, 0.3) is 0 Å². The minimum atomic E-state index is -4.75. The van der Waals surface area contributed by atoms with Crippen molar-refractivity contribution >= 4 is 15.9 Å². The van der Waals surface area contributed by atoms with E-state index in [0.29, 0.717) is 17.7 Å². The molecule has 0 radical (unpaired) electrons. The van der Waals surface area contributed by atoms with Gasteiger partial charge in [-0.15, -0.1) is 0 Å². The van der Waals surface area contributed by atoms with E-state index in [1.165, 1.54) is 0 Å². The van der Waals surface area contributed by atoms with Crippen LogP contribution in [0.15, 0.2) is 0 Å². The maximum atomic E-state index is 13.1. The Balaban J connectivity index is 2.81. The molecule has 1 saturated heterocycles. The quantitative estimate of drug-likeness (QED) is 0.763. The lowest BCUT2D eigenvalue weighted by molar-refractivity contribution is -0.183. The minimum absolute atomic E-state index is 0.0861. The normalized spacial score (nSPS) is 21.3. The Hall–Kier alpha value is -0.900. The molecule has 0 bridgehead atoms. The van der Waals surface area contributed by atoms with E-state index in [0.717, 1.165) is 6.26 Å². The highest BCUT2D eigenvalue weighted by Gasteiger charge is 2.52. The number of halogens is 4. The van der Waals surface area contributed by atoms with Gasteiger partial charge in [-0.2, -0.15) is 8.78 Å². The molecule has 0 saturated carbocycles. The maximum absolute atomic E-state index is 13.1. The second-order valence-corrected chi connectivity index (χ2v) is 6.53. The van der Waals surface area contributed by atoms with Crippen LogP contribution >= 0.6 is 0 Å². The van der Waals surface area contributed by atoms with Crippen LogP contribution in [-0.2, 0) is 14.8 Å². The number of nitrogens with one attached hydrogen (secondary N) is 1. The summed E-state index contributed by atoms with van der Waals surface area (Å²) in [6, 6.07) is -0.837. The second-order valence-electron chi connectivity index (χ2n) is 4.69. The predicted octanol–water partition coefficient (Wildman–Crippen LogP) is 0.817. The first-order valence-electron chi connectivity index (χ1n) is 5.97. The van der Waals surface area contributed by atoms with Crippen molar-refractivity contribution in [3.8, 4) is 0 Å². The molecule has 118 valence electrons. The molecule has 0 aromatic carbocycles. The van der Waals surface area contributed by atoms with Gasteiger partial charge < -0.3 is 4.90 Å². The highest BCUT2D eigenvalue weighted by Crippen LogP contribution is 2.28. The van der Waals surface area contributed by atoms with E-state index in [4.69, 9.17) is 0 Å².